The van der Waals surface area contributed by atoms with Crippen LogP contribution in [0.4, 0.5) is 5.69 Å². The van der Waals surface area contributed by atoms with Gasteiger partial charge in [0.2, 0.25) is 11.8 Å². The number of fused-ring (bicyclic) bond motifs is 1. The van der Waals surface area contributed by atoms with Crippen LogP contribution in [-0.2, 0) is 16.1 Å². The fourth-order valence-corrected chi connectivity index (χ4v) is 3.40. The number of hydrogen-bond donors (Lipinski definition) is 3. The van der Waals surface area contributed by atoms with Gasteiger partial charge in [0.05, 0.1) is 5.52 Å². The lowest BCUT2D eigenvalue weighted by Gasteiger charge is -2.15. The monoisotopic (exact) mass is 364 g/mol. The van der Waals surface area contributed by atoms with Crippen molar-refractivity contribution in [2.24, 2.45) is 11.7 Å². The molecule has 25 heavy (non-hydrogen) atoms. The Bertz CT molecular complexity index is 759. The summed E-state index contributed by atoms with van der Waals surface area (Å²) in [5, 5.41) is 6.61. The predicted octanol–water partition coefficient (Wildman–Crippen LogP) is 2.27. The van der Waals surface area contributed by atoms with Crippen molar-refractivity contribution in [3.05, 3.63) is 30.5 Å². The van der Waals surface area contributed by atoms with Gasteiger partial charge in [0.15, 0.2) is 0 Å². The standard InChI is InChI=1S/C18H24N4O2.ClH/c1-20-18(24)11-22-8-7-12-5-6-14(10-16(12)22)21-17(23)9-13-3-2-4-15(13)19;/h5-8,10,13,15H,2-4,9,11,19H2,1H3,(H,20,24)(H,21,23);1H/t13-,15+;/m0./s1. The summed E-state index contributed by atoms with van der Waals surface area (Å²) in [6, 6.07) is 7.85. The van der Waals surface area contributed by atoms with Crippen molar-refractivity contribution >= 4 is 40.8 Å². The van der Waals surface area contributed by atoms with Gasteiger partial charge in [-0.05, 0) is 42.3 Å². The van der Waals surface area contributed by atoms with Crippen molar-refractivity contribution < 1.29 is 9.59 Å². The molecule has 0 saturated heterocycles. The van der Waals surface area contributed by atoms with E-state index < -0.39 is 0 Å². The Morgan fingerprint density at radius 2 is 2.04 bits per heavy atom. The van der Waals surface area contributed by atoms with E-state index in [1.54, 1.807) is 7.05 Å². The summed E-state index contributed by atoms with van der Waals surface area (Å²) in [5.74, 6) is 0.226. The van der Waals surface area contributed by atoms with Crippen LogP contribution >= 0.6 is 12.4 Å². The zero-order chi connectivity index (χ0) is 17.1. The summed E-state index contributed by atoms with van der Waals surface area (Å²) in [6.45, 7) is 0.258. The number of aromatic nitrogens is 1. The molecule has 1 aliphatic carbocycles. The molecule has 1 aromatic heterocycles. The molecule has 1 fully saturated rings. The van der Waals surface area contributed by atoms with Gasteiger partial charge in [-0.2, -0.15) is 0 Å². The van der Waals surface area contributed by atoms with Gasteiger partial charge in [-0.3, -0.25) is 9.59 Å². The minimum Gasteiger partial charge on any atom is -0.358 e. The van der Waals surface area contributed by atoms with E-state index in [9.17, 15) is 9.59 Å². The van der Waals surface area contributed by atoms with Gasteiger partial charge in [0.25, 0.3) is 0 Å². The van der Waals surface area contributed by atoms with E-state index in [1.807, 2.05) is 35.0 Å². The van der Waals surface area contributed by atoms with Gasteiger partial charge >= 0.3 is 0 Å². The molecule has 3 rings (SSSR count). The number of likely N-dealkylation sites (N-methyl/N-ethyl adjacent to an activating group) is 1. The van der Waals surface area contributed by atoms with Crippen LogP contribution in [0.25, 0.3) is 10.9 Å². The second-order valence-corrected chi connectivity index (χ2v) is 6.50. The third-order valence-electron chi connectivity index (χ3n) is 4.82. The van der Waals surface area contributed by atoms with E-state index in [4.69, 9.17) is 5.73 Å². The van der Waals surface area contributed by atoms with Crippen molar-refractivity contribution in [3.8, 4) is 0 Å². The van der Waals surface area contributed by atoms with E-state index in [2.05, 4.69) is 10.6 Å². The highest BCUT2D eigenvalue weighted by molar-refractivity contribution is 5.94. The number of amides is 2. The van der Waals surface area contributed by atoms with Crippen molar-refractivity contribution in [2.75, 3.05) is 12.4 Å². The third-order valence-corrected chi connectivity index (χ3v) is 4.82. The Balaban J connectivity index is 0.00000225. The van der Waals surface area contributed by atoms with Crippen molar-refractivity contribution in [1.82, 2.24) is 9.88 Å². The Kier molecular flexibility index (Phi) is 6.45. The van der Waals surface area contributed by atoms with Crippen LogP contribution in [0.15, 0.2) is 30.5 Å². The zero-order valence-electron chi connectivity index (χ0n) is 14.3. The molecule has 1 aromatic carbocycles. The minimum atomic E-state index is -0.0582. The van der Waals surface area contributed by atoms with Crippen LogP contribution in [0.2, 0.25) is 0 Å². The molecule has 1 aliphatic rings. The summed E-state index contributed by atoms with van der Waals surface area (Å²) >= 11 is 0. The first-order chi connectivity index (χ1) is 11.6. The van der Waals surface area contributed by atoms with Crippen LogP contribution in [0.3, 0.4) is 0 Å². The molecule has 6 nitrogen and oxygen atoms in total. The first kappa shape index (κ1) is 19.3. The molecule has 2 amide bonds. The average Bonchev–Trinajstić information content (AvgIpc) is 3.14. The van der Waals surface area contributed by atoms with Gasteiger partial charge in [-0.25, -0.2) is 0 Å². The summed E-state index contributed by atoms with van der Waals surface area (Å²) in [4.78, 5) is 23.9. The molecule has 0 bridgehead atoms. The minimum absolute atomic E-state index is 0. The summed E-state index contributed by atoms with van der Waals surface area (Å²) < 4.78 is 1.87. The number of nitrogens with one attached hydrogen (secondary N) is 2. The number of nitrogens with two attached hydrogens (primary N) is 1. The first-order valence-electron chi connectivity index (χ1n) is 8.41. The molecule has 2 atom stereocenters. The van der Waals surface area contributed by atoms with E-state index in [-0.39, 0.29) is 42.7 Å². The largest absolute Gasteiger partial charge is 0.358 e. The quantitative estimate of drug-likeness (QED) is 0.760. The van der Waals surface area contributed by atoms with Gasteiger partial charge in [0, 0.05) is 31.4 Å². The zero-order valence-corrected chi connectivity index (χ0v) is 15.1. The molecule has 0 aliphatic heterocycles. The highest BCUT2D eigenvalue weighted by Gasteiger charge is 2.26. The molecule has 0 radical (unpaired) electrons. The van der Waals surface area contributed by atoms with Gasteiger partial charge in [-0.15, -0.1) is 12.4 Å². The summed E-state index contributed by atoms with van der Waals surface area (Å²) in [7, 11) is 1.62. The van der Waals surface area contributed by atoms with Crippen molar-refractivity contribution in [1.29, 1.82) is 0 Å². The van der Waals surface area contributed by atoms with E-state index >= 15 is 0 Å². The number of carbonyl (C=O) groups excluding carboxylic acids is 2. The smallest absolute Gasteiger partial charge is 0.239 e. The maximum absolute atomic E-state index is 12.3. The van der Waals surface area contributed by atoms with E-state index in [0.717, 1.165) is 35.9 Å². The molecule has 1 heterocycles. The molecule has 0 spiro atoms. The van der Waals surface area contributed by atoms with Crippen LogP contribution in [-0.4, -0.2) is 29.5 Å². The normalized spacial score (nSPS) is 19.4. The van der Waals surface area contributed by atoms with Crippen molar-refractivity contribution in [3.63, 3.8) is 0 Å². The fourth-order valence-electron chi connectivity index (χ4n) is 3.40. The highest BCUT2D eigenvalue weighted by atomic mass is 35.5. The van der Waals surface area contributed by atoms with Crippen LogP contribution in [0.5, 0.6) is 0 Å². The Morgan fingerprint density at radius 3 is 2.72 bits per heavy atom. The Morgan fingerprint density at radius 1 is 1.24 bits per heavy atom. The molecule has 4 N–H and O–H groups in total. The molecular weight excluding hydrogens is 340 g/mol. The topological polar surface area (TPSA) is 89.2 Å². The maximum atomic E-state index is 12.3. The number of nitrogens with zero attached hydrogens (tertiary/aromatic N) is 1. The second kappa shape index (κ2) is 8.36. The lowest BCUT2D eigenvalue weighted by Crippen LogP contribution is -2.28. The predicted molar refractivity (Wildman–Crippen MR) is 102 cm³/mol. The molecule has 1 saturated carbocycles. The van der Waals surface area contributed by atoms with Crippen LogP contribution in [0.1, 0.15) is 25.7 Å². The number of hydrogen-bond acceptors (Lipinski definition) is 3. The Labute approximate surface area is 153 Å². The Hall–Kier alpha value is -2.05. The van der Waals surface area contributed by atoms with E-state index in [0.29, 0.717) is 6.42 Å². The summed E-state index contributed by atoms with van der Waals surface area (Å²) in [5.41, 5.74) is 7.71. The number of carbonyl (C=O) groups is 2. The lowest BCUT2D eigenvalue weighted by molar-refractivity contribution is -0.121. The van der Waals surface area contributed by atoms with Gasteiger partial charge < -0.3 is 20.9 Å². The molecule has 136 valence electrons. The molecular formula is C18H25ClN4O2. The maximum Gasteiger partial charge on any atom is 0.239 e. The number of anilines is 1. The third kappa shape index (κ3) is 4.52. The SMILES string of the molecule is CNC(=O)Cn1ccc2ccc(NC(=O)C[C@@H]3CCC[C@H]3N)cc21.Cl. The van der Waals surface area contributed by atoms with Crippen molar-refractivity contribution in [2.45, 2.75) is 38.3 Å². The van der Waals surface area contributed by atoms with Gasteiger partial charge in [-0.1, -0.05) is 12.5 Å². The summed E-state index contributed by atoms with van der Waals surface area (Å²) in [6.07, 6.45) is 5.50. The first-order valence-corrected chi connectivity index (χ1v) is 8.41. The number of rotatable bonds is 5. The highest BCUT2D eigenvalue weighted by Crippen LogP contribution is 2.27. The number of benzene rings is 1. The fraction of sp³-hybridized carbons (Fsp3) is 0.444. The lowest BCUT2D eigenvalue weighted by atomic mass is 10.00. The molecule has 0 unspecified atom stereocenters. The van der Waals surface area contributed by atoms with E-state index in [1.165, 1.54) is 0 Å². The van der Waals surface area contributed by atoms with Crippen LogP contribution in [0, 0.1) is 5.92 Å². The second-order valence-electron chi connectivity index (χ2n) is 6.50. The van der Waals surface area contributed by atoms with Gasteiger partial charge in [0.1, 0.15) is 6.54 Å². The molecule has 7 heteroatoms. The number of halogens is 1. The molecule has 2 aromatic rings. The average molecular weight is 365 g/mol. The van der Waals surface area contributed by atoms with Crippen LogP contribution < -0.4 is 16.4 Å².